The highest BCUT2D eigenvalue weighted by atomic mass is 79.9. The molecule has 35 heavy (non-hydrogen) atoms. The number of aromatic nitrogens is 1. The summed E-state index contributed by atoms with van der Waals surface area (Å²) in [5, 5.41) is 17.8. The van der Waals surface area contributed by atoms with Crippen molar-refractivity contribution in [2.24, 2.45) is 0 Å². The van der Waals surface area contributed by atoms with E-state index in [-0.39, 0.29) is 11.9 Å². The maximum absolute atomic E-state index is 12.9. The van der Waals surface area contributed by atoms with Crippen LogP contribution in [0.1, 0.15) is 45.3 Å². The second-order valence-electron chi connectivity index (χ2n) is 8.73. The maximum Gasteiger partial charge on any atom is 0.258 e. The van der Waals surface area contributed by atoms with E-state index < -0.39 is 36.1 Å². The highest BCUT2D eigenvalue weighted by Crippen LogP contribution is 2.21. The van der Waals surface area contributed by atoms with Gasteiger partial charge in [0.15, 0.2) is 6.10 Å². The first kappa shape index (κ1) is 27.0. The molecule has 10 nitrogen and oxygen atoms in total. The van der Waals surface area contributed by atoms with Gasteiger partial charge >= 0.3 is 0 Å². The van der Waals surface area contributed by atoms with E-state index in [1.807, 2.05) is 37.3 Å². The number of methoxy groups -OCH3 is 1. The Balaban J connectivity index is 1.58. The summed E-state index contributed by atoms with van der Waals surface area (Å²) in [6.07, 6.45) is -0.920. The number of nitrogens with zero attached hydrogens (tertiary/aromatic N) is 2. The Labute approximate surface area is 212 Å². The molecule has 0 radical (unpaired) electrons. The van der Waals surface area contributed by atoms with E-state index in [0.717, 1.165) is 21.1 Å². The number of carbonyl (C=O) groups excluding carboxylic acids is 3. The van der Waals surface area contributed by atoms with Gasteiger partial charge in [-0.2, -0.15) is 0 Å². The molecule has 3 rings (SSSR count). The van der Waals surface area contributed by atoms with Crippen LogP contribution in [0.5, 0.6) is 0 Å². The van der Waals surface area contributed by atoms with Gasteiger partial charge in [0.2, 0.25) is 5.91 Å². The first-order chi connectivity index (χ1) is 16.6. The number of nitrogens with one attached hydrogen (secondary N) is 3. The van der Waals surface area contributed by atoms with E-state index in [9.17, 15) is 19.5 Å². The number of fused-ring (bicyclic) bond motifs is 1. The number of rotatable bonds is 8. The molecule has 3 amide bonds. The Bertz CT molecular complexity index is 1080. The molecule has 5 atom stereocenters. The molecule has 1 aliphatic heterocycles. The number of benzene rings is 1. The Morgan fingerprint density at radius 3 is 2.63 bits per heavy atom. The lowest BCUT2D eigenvalue weighted by atomic mass is 10.1. The van der Waals surface area contributed by atoms with Crippen LogP contribution >= 0.6 is 15.9 Å². The lowest BCUT2D eigenvalue weighted by Gasteiger charge is -2.35. The second-order valence-corrected chi connectivity index (χ2v) is 9.65. The van der Waals surface area contributed by atoms with Gasteiger partial charge in [0.05, 0.1) is 23.4 Å². The largest absolute Gasteiger partial charge is 0.381 e. The monoisotopic (exact) mass is 549 g/mol. The quantitative estimate of drug-likeness (QED) is 0.392. The van der Waals surface area contributed by atoms with Gasteiger partial charge in [-0.25, -0.2) is 5.43 Å². The number of carbonyl (C=O) groups is 3. The zero-order chi connectivity index (χ0) is 25.7. The molecule has 0 saturated carbocycles. The zero-order valence-electron chi connectivity index (χ0n) is 20.2. The van der Waals surface area contributed by atoms with Gasteiger partial charge in [-0.1, -0.05) is 28.1 Å². The van der Waals surface area contributed by atoms with Crippen LogP contribution in [-0.4, -0.2) is 70.8 Å². The number of pyridine rings is 1. The highest BCUT2D eigenvalue weighted by molar-refractivity contribution is 9.10. The third-order valence-electron chi connectivity index (χ3n) is 6.06. The average molecular weight is 550 g/mol. The standard InChI is InChI=1S/C24H32BrN5O5/c1-13(18-10-8-16-7-9-17(25)12-20(16)28-18)26-22(32)19-6-5-11-30(29-19)24(34)14(2)27-23(33)21(31)15(3)35-4/h7-10,12-15,19,21,29,31H,5-6,11H2,1-4H3,(H,26,32)(H,27,33)/t13-,14?,15+,19?,21+/m1/s1. The lowest BCUT2D eigenvalue weighted by molar-refractivity contribution is -0.146. The summed E-state index contributed by atoms with van der Waals surface area (Å²) in [7, 11) is 1.38. The summed E-state index contributed by atoms with van der Waals surface area (Å²) >= 11 is 3.45. The van der Waals surface area contributed by atoms with Crippen LogP contribution in [0.25, 0.3) is 10.9 Å². The zero-order valence-corrected chi connectivity index (χ0v) is 21.8. The Morgan fingerprint density at radius 1 is 1.20 bits per heavy atom. The fourth-order valence-electron chi connectivity index (χ4n) is 3.81. The maximum atomic E-state index is 12.9. The fourth-order valence-corrected chi connectivity index (χ4v) is 4.15. The van der Waals surface area contributed by atoms with Crippen LogP contribution < -0.4 is 16.1 Å². The van der Waals surface area contributed by atoms with Crippen molar-refractivity contribution in [1.29, 1.82) is 0 Å². The van der Waals surface area contributed by atoms with Gasteiger partial charge in [0.25, 0.3) is 11.8 Å². The summed E-state index contributed by atoms with van der Waals surface area (Å²) < 4.78 is 5.88. The third-order valence-corrected chi connectivity index (χ3v) is 6.55. The number of halogens is 1. The first-order valence-corrected chi connectivity index (χ1v) is 12.4. The minimum Gasteiger partial charge on any atom is -0.381 e. The molecule has 1 aromatic heterocycles. The van der Waals surface area contributed by atoms with Crippen molar-refractivity contribution in [3.05, 3.63) is 40.5 Å². The Kier molecular flexibility index (Phi) is 9.17. The molecule has 2 unspecified atom stereocenters. The SMILES string of the molecule is CO[C@@H](C)[C@H](O)C(=O)NC(C)C(=O)N1CCCC(C(=O)N[C@H](C)c2ccc3ccc(Br)cc3n2)N1. The van der Waals surface area contributed by atoms with Crippen LogP contribution in [0.4, 0.5) is 0 Å². The predicted molar refractivity (Wildman–Crippen MR) is 134 cm³/mol. The van der Waals surface area contributed by atoms with Gasteiger partial charge in [-0.15, -0.1) is 0 Å². The van der Waals surface area contributed by atoms with Crippen molar-refractivity contribution >= 4 is 44.6 Å². The molecule has 4 N–H and O–H groups in total. The van der Waals surface area contributed by atoms with E-state index in [1.165, 1.54) is 19.0 Å². The minimum absolute atomic E-state index is 0.243. The molecular weight excluding hydrogens is 518 g/mol. The van der Waals surface area contributed by atoms with Crippen LogP contribution in [0, 0.1) is 0 Å². The molecule has 0 bridgehead atoms. The molecular formula is C24H32BrN5O5. The van der Waals surface area contributed by atoms with Crippen LogP contribution in [-0.2, 0) is 19.1 Å². The number of hydrogen-bond acceptors (Lipinski definition) is 7. The van der Waals surface area contributed by atoms with Gasteiger partial charge in [0, 0.05) is 23.5 Å². The van der Waals surface area contributed by atoms with Crippen molar-refractivity contribution in [1.82, 2.24) is 26.1 Å². The number of hydrazine groups is 1. The van der Waals surface area contributed by atoms with E-state index in [1.54, 1.807) is 6.92 Å². The highest BCUT2D eigenvalue weighted by Gasteiger charge is 2.32. The summed E-state index contributed by atoms with van der Waals surface area (Å²) in [5.74, 6) is -1.34. The number of ether oxygens (including phenoxy) is 1. The molecule has 0 aliphatic carbocycles. The van der Waals surface area contributed by atoms with E-state index in [0.29, 0.717) is 19.4 Å². The Hall–Kier alpha value is -2.60. The van der Waals surface area contributed by atoms with Crippen molar-refractivity contribution < 1.29 is 24.2 Å². The van der Waals surface area contributed by atoms with Gasteiger partial charge in [0.1, 0.15) is 12.1 Å². The lowest BCUT2D eigenvalue weighted by Crippen LogP contribution is -2.61. The predicted octanol–water partition coefficient (Wildman–Crippen LogP) is 1.57. The molecule has 1 fully saturated rings. The van der Waals surface area contributed by atoms with Crippen LogP contribution in [0.3, 0.4) is 0 Å². The first-order valence-electron chi connectivity index (χ1n) is 11.6. The minimum atomic E-state index is -1.39. The van der Waals surface area contributed by atoms with E-state index in [4.69, 9.17) is 4.74 Å². The second kappa shape index (κ2) is 11.9. The number of aliphatic hydroxyl groups is 1. The molecule has 190 valence electrons. The normalized spacial score (nSPS) is 19.5. The molecule has 2 heterocycles. The van der Waals surface area contributed by atoms with Gasteiger partial charge in [-0.3, -0.25) is 24.4 Å². The van der Waals surface area contributed by atoms with Crippen molar-refractivity contribution in [3.63, 3.8) is 0 Å². The fraction of sp³-hybridized carbons (Fsp3) is 0.500. The summed E-state index contributed by atoms with van der Waals surface area (Å²) in [6, 6.07) is 7.86. The van der Waals surface area contributed by atoms with Crippen molar-refractivity contribution in [3.8, 4) is 0 Å². The van der Waals surface area contributed by atoms with E-state index in [2.05, 4.69) is 37.0 Å². The molecule has 1 aromatic carbocycles. The number of hydrogen-bond donors (Lipinski definition) is 4. The summed E-state index contributed by atoms with van der Waals surface area (Å²) in [5.41, 5.74) is 4.53. The van der Waals surface area contributed by atoms with Crippen molar-refractivity contribution in [2.45, 2.75) is 63.9 Å². The smallest absolute Gasteiger partial charge is 0.258 e. The molecule has 11 heteroatoms. The van der Waals surface area contributed by atoms with Gasteiger partial charge in [-0.05, 0) is 51.8 Å². The number of amides is 3. The topological polar surface area (TPSA) is 133 Å². The number of aliphatic hydroxyl groups excluding tert-OH is 1. The average Bonchev–Trinajstić information content (AvgIpc) is 2.86. The van der Waals surface area contributed by atoms with Crippen LogP contribution in [0.2, 0.25) is 0 Å². The summed E-state index contributed by atoms with van der Waals surface area (Å²) in [4.78, 5) is 42.6. The molecule has 0 spiro atoms. The molecule has 1 saturated heterocycles. The van der Waals surface area contributed by atoms with E-state index >= 15 is 0 Å². The van der Waals surface area contributed by atoms with Crippen LogP contribution in [0.15, 0.2) is 34.8 Å². The third kappa shape index (κ3) is 6.75. The van der Waals surface area contributed by atoms with Gasteiger partial charge < -0.3 is 20.5 Å². The van der Waals surface area contributed by atoms with Crippen molar-refractivity contribution in [2.75, 3.05) is 13.7 Å². The Morgan fingerprint density at radius 2 is 1.91 bits per heavy atom. The molecule has 1 aliphatic rings. The summed E-state index contributed by atoms with van der Waals surface area (Å²) in [6.45, 7) is 5.34. The molecule has 2 aromatic rings.